The Morgan fingerprint density at radius 2 is 1.84 bits per heavy atom. The SMILES string of the molecule is COCCC(CC1(C(=O)O)CCCCC1)C(=O)OCc1ccccc1. The predicted molar refractivity (Wildman–Crippen MR) is 94.0 cm³/mol. The van der Waals surface area contributed by atoms with Gasteiger partial charge in [0.25, 0.3) is 0 Å². The molecule has 0 radical (unpaired) electrons. The van der Waals surface area contributed by atoms with E-state index in [9.17, 15) is 14.7 Å². The summed E-state index contributed by atoms with van der Waals surface area (Å²) >= 11 is 0. The Balaban J connectivity index is 2.03. The van der Waals surface area contributed by atoms with E-state index in [-0.39, 0.29) is 12.6 Å². The number of methoxy groups -OCH3 is 1. The maximum Gasteiger partial charge on any atom is 0.309 e. The molecule has 0 amide bonds. The van der Waals surface area contributed by atoms with Crippen molar-refractivity contribution in [2.24, 2.45) is 11.3 Å². The number of aliphatic carboxylic acids is 1. The van der Waals surface area contributed by atoms with Gasteiger partial charge in [-0.15, -0.1) is 0 Å². The third kappa shape index (κ3) is 5.56. The van der Waals surface area contributed by atoms with Gasteiger partial charge < -0.3 is 14.6 Å². The van der Waals surface area contributed by atoms with E-state index in [4.69, 9.17) is 9.47 Å². The van der Waals surface area contributed by atoms with Crippen LogP contribution in [0.5, 0.6) is 0 Å². The van der Waals surface area contributed by atoms with E-state index in [1.165, 1.54) is 0 Å². The molecule has 0 saturated heterocycles. The minimum Gasteiger partial charge on any atom is -0.481 e. The Hall–Kier alpha value is -1.88. The lowest BCUT2D eigenvalue weighted by atomic mass is 9.68. The van der Waals surface area contributed by atoms with Gasteiger partial charge in [0.15, 0.2) is 0 Å². The number of rotatable bonds is 9. The van der Waals surface area contributed by atoms with Crippen LogP contribution in [0.4, 0.5) is 0 Å². The lowest BCUT2D eigenvalue weighted by Crippen LogP contribution is -2.37. The Bertz CT molecular complexity index is 548. The van der Waals surface area contributed by atoms with E-state index in [1.807, 2.05) is 30.3 Å². The number of carbonyl (C=O) groups is 2. The normalized spacial score (nSPS) is 17.6. The molecule has 2 rings (SSSR count). The smallest absolute Gasteiger partial charge is 0.309 e. The summed E-state index contributed by atoms with van der Waals surface area (Å²) in [6, 6.07) is 9.50. The molecule has 1 saturated carbocycles. The molecule has 138 valence electrons. The molecule has 5 heteroatoms. The first-order valence-electron chi connectivity index (χ1n) is 9.00. The Morgan fingerprint density at radius 3 is 2.44 bits per heavy atom. The van der Waals surface area contributed by atoms with Crippen molar-refractivity contribution in [1.82, 2.24) is 0 Å². The van der Waals surface area contributed by atoms with Crippen molar-refractivity contribution in [2.45, 2.75) is 51.6 Å². The first-order chi connectivity index (χ1) is 12.1. The van der Waals surface area contributed by atoms with Crippen molar-refractivity contribution in [3.8, 4) is 0 Å². The highest BCUT2D eigenvalue weighted by atomic mass is 16.5. The Kier molecular flexibility index (Phi) is 7.44. The molecular formula is C20H28O5. The summed E-state index contributed by atoms with van der Waals surface area (Å²) < 4.78 is 10.6. The molecule has 0 heterocycles. The molecular weight excluding hydrogens is 320 g/mol. The molecule has 0 aliphatic heterocycles. The zero-order valence-corrected chi connectivity index (χ0v) is 14.9. The van der Waals surface area contributed by atoms with Gasteiger partial charge in [0.1, 0.15) is 6.61 Å². The fourth-order valence-electron chi connectivity index (χ4n) is 3.62. The van der Waals surface area contributed by atoms with Crippen molar-refractivity contribution in [1.29, 1.82) is 0 Å². The van der Waals surface area contributed by atoms with Gasteiger partial charge in [-0.05, 0) is 31.2 Å². The number of ether oxygens (including phenoxy) is 2. The molecule has 1 aliphatic carbocycles. The number of hydrogen-bond donors (Lipinski definition) is 1. The molecule has 0 spiro atoms. The average molecular weight is 348 g/mol. The van der Waals surface area contributed by atoms with E-state index >= 15 is 0 Å². The quantitative estimate of drug-likeness (QED) is 0.687. The fraction of sp³-hybridized carbons (Fsp3) is 0.600. The van der Waals surface area contributed by atoms with Gasteiger partial charge >= 0.3 is 11.9 Å². The van der Waals surface area contributed by atoms with E-state index in [2.05, 4.69) is 0 Å². The van der Waals surface area contributed by atoms with Crippen molar-refractivity contribution in [2.75, 3.05) is 13.7 Å². The fourth-order valence-corrected chi connectivity index (χ4v) is 3.62. The van der Waals surface area contributed by atoms with Gasteiger partial charge in [0.05, 0.1) is 11.3 Å². The molecule has 0 aromatic heterocycles. The molecule has 5 nitrogen and oxygen atoms in total. The highest BCUT2D eigenvalue weighted by Crippen LogP contribution is 2.42. The van der Waals surface area contributed by atoms with Crippen LogP contribution in [0.15, 0.2) is 30.3 Å². The highest BCUT2D eigenvalue weighted by Gasteiger charge is 2.43. The molecule has 1 atom stereocenters. The molecule has 1 fully saturated rings. The Morgan fingerprint density at radius 1 is 1.16 bits per heavy atom. The third-order valence-electron chi connectivity index (χ3n) is 5.13. The van der Waals surface area contributed by atoms with Crippen LogP contribution in [0.25, 0.3) is 0 Å². The van der Waals surface area contributed by atoms with E-state index in [1.54, 1.807) is 7.11 Å². The average Bonchev–Trinajstić information content (AvgIpc) is 2.64. The third-order valence-corrected chi connectivity index (χ3v) is 5.13. The zero-order valence-electron chi connectivity index (χ0n) is 14.9. The van der Waals surface area contributed by atoms with Crippen LogP contribution in [0.3, 0.4) is 0 Å². The number of esters is 1. The monoisotopic (exact) mass is 348 g/mol. The van der Waals surface area contributed by atoms with Gasteiger partial charge in [0, 0.05) is 13.7 Å². The Labute approximate surface area is 149 Å². The lowest BCUT2D eigenvalue weighted by molar-refractivity contribution is -0.158. The molecule has 1 unspecified atom stereocenters. The second-order valence-electron chi connectivity index (χ2n) is 6.92. The van der Waals surface area contributed by atoms with Crippen LogP contribution in [0.2, 0.25) is 0 Å². The summed E-state index contributed by atoms with van der Waals surface area (Å²) in [7, 11) is 1.58. The van der Waals surface area contributed by atoms with Crippen LogP contribution in [-0.2, 0) is 25.7 Å². The number of carbonyl (C=O) groups excluding carboxylic acids is 1. The van der Waals surface area contributed by atoms with Crippen LogP contribution < -0.4 is 0 Å². The second kappa shape index (κ2) is 9.56. The van der Waals surface area contributed by atoms with Gasteiger partial charge in [-0.25, -0.2) is 0 Å². The zero-order chi connectivity index (χ0) is 18.1. The van der Waals surface area contributed by atoms with E-state index < -0.39 is 17.3 Å². The highest BCUT2D eigenvalue weighted by molar-refractivity contribution is 5.77. The van der Waals surface area contributed by atoms with Crippen LogP contribution in [0.1, 0.15) is 50.5 Å². The minimum atomic E-state index is -0.803. The summed E-state index contributed by atoms with van der Waals surface area (Å²) in [6.45, 7) is 0.629. The van der Waals surface area contributed by atoms with Crippen molar-refractivity contribution < 1.29 is 24.2 Å². The topological polar surface area (TPSA) is 72.8 Å². The summed E-state index contributed by atoms with van der Waals surface area (Å²) in [6.07, 6.45) is 4.97. The van der Waals surface area contributed by atoms with Gasteiger partial charge in [-0.2, -0.15) is 0 Å². The molecule has 1 aromatic rings. The predicted octanol–water partition coefficient (Wildman–Crippen LogP) is 3.81. The van der Waals surface area contributed by atoms with Crippen LogP contribution in [0, 0.1) is 11.3 Å². The standard InChI is InChI=1S/C20H28O5/c1-24-13-10-17(14-20(19(22)23)11-6-3-7-12-20)18(21)25-15-16-8-4-2-5-9-16/h2,4-5,8-9,17H,3,6-7,10-15H2,1H3,(H,22,23). The number of hydrogen-bond acceptors (Lipinski definition) is 4. The molecule has 0 bridgehead atoms. The maximum atomic E-state index is 12.6. The van der Waals surface area contributed by atoms with E-state index in [0.717, 1.165) is 24.8 Å². The summed E-state index contributed by atoms with van der Waals surface area (Å²) in [4.78, 5) is 24.5. The number of carboxylic acids is 1. The molecule has 1 aliphatic rings. The number of carboxylic acid groups (broad SMARTS) is 1. The lowest BCUT2D eigenvalue weighted by Gasteiger charge is -2.35. The van der Waals surface area contributed by atoms with Crippen molar-refractivity contribution in [3.05, 3.63) is 35.9 Å². The van der Waals surface area contributed by atoms with Crippen LogP contribution in [-0.4, -0.2) is 30.8 Å². The first-order valence-corrected chi connectivity index (χ1v) is 9.00. The van der Waals surface area contributed by atoms with Gasteiger partial charge in [-0.3, -0.25) is 9.59 Å². The largest absolute Gasteiger partial charge is 0.481 e. The summed E-state index contributed by atoms with van der Waals surface area (Å²) in [5.74, 6) is -1.56. The van der Waals surface area contributed by atoms with E-state index in [0.29, 0.717) is 32.3 Å². The molecule has 25 heavy (non-hydrogen) atoms. The molecule has 1 aromatic carbocycles. The van der Waals surface area contributed by atoms with Gasteiger partial charge in [-0.1, -0.05) is 49.6 Å². The summed E-state index contributed by atoms with van der Waals surface area (Å²) in [5, 5.41) is 9.77. The maximum absolute atomic E-state index is 12.6. The van der Waals surface area contributed by atoms with Gasteiger partial charge in [0.2, 0.25) is 0 Å². The molecule has 1 N–H and O–H groups in total. The number of benzene rings is 1. The van der Waals surface area contributed by atoms with Crippen molar-refractivity contribution in [3.63, 3.8) is 0 Å². The second-order valence-corrected chi connectivity index (χ2v) is 6.92. The minimum absolute atomic E-state index is 0.212. The van der Waals surface area contributed by atoms with Crippen molar-refractivity contribution >= 4 is 11.9 Å². The van der Waals surface area contributed by atoms with Crippen LogP contribution >= 0.6 is 0 Å². The summed E-state index contributed by atoms with van der Waals surface area (Å²) in [5.41, 5.74) is 0.120. The first kappa shape index (κ1) is 19.4.